The number of hydrogen-bond acceptors (Lipinski definition) is 7. The van der Waals surface area contributed by atoms with Gasteiger partial charge in [0.1, 0.15) is 5.60 Å². The van der Waals surface area contributed by atoms with E-state index in [1.54, 1.807) is 0 Å². The van der Waals surface area contributed by atoms with Crippen LogP contribution in [0.5, 0.6) is 0 Å². The standard InChI is InChI=1S/C28H44O5S2/c1-26(2,3)33-24(29)18-22-16-21(31-28(6,7)32-22)17-23(30-19-20-12-9-8-10-13-20)27(4,5)25-34-14-11-15-35-25/h8-10,12-13,21-23,25H,11,14-19H2,1-7H3/t21-,22-,23+/m1/s1. The predicted octanol–water partition coefficient (Wildman–Crippen LogP) is 6.83. The molecule has 0 saturated carbocycles. The first-order chi connectivity index (χ1) is 16.3. The average Bonchev–Trinajstić information content (AvgIpc) is 2.75. The Kier molecular flexibility index (Phi) is 10.1. The van der Waals surface area contributed by atoms with Crippen LogP contribution in [0.25, 0.3) is 0 Å². The monoisotopic (exact) mass is 524 g/mol. The highest BCUT2D eigenvalue weighted by Gasteiger charge is 2.44. The summed E-state index contributed by atoms with van der Waals surface area (Å²) in [6, 6.07) is 10.4. The first-order valence-electron chi connectivity index (χ1n) is 12.8. The second kappa shape index (κ2) is 12.2. The third-order valence-corrected chi connectivity index (χ3v) is 9.96. The van der Waals surface area contributed by atoms with Crippen molar-refractivity contribution < 1.29 is 23.7 Å². The van der Waals surface area contributed by atoms with E-state index in [4.69, 9.17) is 18.9 Å². The van der Waals surface area contributed by atoms with Gasteiger partial charge in [-0.25, -0.2) is 0 Å². The van der Waals surface area contributed by atoms with E-state index in [0.717, 1.165) is 6.42 Å². The second-order valence-corrected chi connectivity index (χ2v) is 14.4. The lowest BCUT2D eigenvalue weighted by molar-refractivity contribution is -0.305. The molecule has 0 bridgehead atoms. The first kappa shape index (κ1) is 28.8. The minimum atomic E-state index is -0.766. The Labute approximate surface area is 220 Å². The van der Waals surface area contributed by atoms with E-state index in [1.807, 2.05) is 40.7 Å². The summed E-state index contributed by atoms with van der Waals surface area (Å²) in [5.41, 5.74) is 0.623. The molecule has 3 atom stereocenters. The fourth-order valence-electron chi connectivity index (χ4n) is 4.72. The molecule has 0 radical (unpaired) electrons. The van der Waals surface area contributed by atoms with Crippen LogP contribution in [0.4, 0.5) is 0 Å². The van der Waals surface area contributed by atoms with Crippen LogP contribution in [0, 0.1) is 5.41 Å². The maximum atomic E-state index is 12.5. The summed E-state index contributed by atoms with van der Waals surface area (Å²) in [5, 5.41) is 0. The summed E-state index contributed by atoms with van der Waals surface area (Å²) >= 11 is 4.10. The Morgan fingerprint density at radius 3 is 2.31 bits per heavy atom. The lowest BCUT2D eigenvalue weighted by Gasteiger charge is -2.46. The largest absolute Gasteiger partial charge is 0.460 e. The molecule has 3 rings (SSSR count). The van der Waals surface area contributed by atoms with Gasteiger partial charge in [-0.05, 0) is 58.1 Å². The summed E-state index contributed by atoms with van der Waals surface area (Å²) in [5.74, 6) is 1.40. The molecule has 2 fully saturated rings. The number of benzene rings is 1. The number of hydrogen-bond donors (Lipinski definition) is 0. The van der Waals surface area contributed by atoms with Crippen molar-refractivity contribution in [2.75, 3.05) is 11.5 Å². The number of rotatable bonds is 9. The zero-order valence-electron chi connectivity index (χ0n) is 22.5. The molecular weight excluding hydrogens is 480 g/mol. The lowest BCUT2D eigenvalue weighted by Crippen LogP contribution is -2.49. The van der Waals surface area contributed by atoms with E-state index in [1.165, 1.54) is 23.5 Å². The van der Waals surface area contributed by atoms with E-state index < -0.39 is 11.4 Å². The van der Waals surface area contributed by atoms with Gasteiger partial charge in [-0.2, -0.15) is 0 Å². The SMILES string of the molecule is CC(C)(C)OC(=O)C[C@H]1C[C@H](C[C@H](OCc2ccccc2)C(C)(C)C2SCCCS2)OC(C)(C)O1. The summed E-state index contributed by atoms with van der Waals surface area (Å²) in [6.07, 6.45) is 2.60. The van der Waals surface area contributed by atoms with Crippen molar-refractivity contribution in [3.63, 3.8) is 0 Å². The smallest absolute Gasteiger partial charge is 0.308 e. The van der Waals surface area contributed by atoms with Crippen molar-refractivity contribution in [1.29, 1.82) is 0 Å². The third kappa shape index (κ3) is 9.26. The van der Waals surface area contributed by atoms with Gasteiger partial charge in [-0.15, -0.1) is 23.5 Å². The van der Waals surface area contributed by atoms with Crippen LogP contribution in [0.3, 0.4) is 0 Å². The Bertz CT molecular complexity index is 799. The molecule has 2 aliphatic rings. The second-order valence-electron chi connectivity index (χ2n) is 11.7. The van der Waals surface area contributed by atoms with Crippen LogP contribution in [-0.4, -0.2) is 51.8 Å². The normalized spacial score (nSPS) is 24.7. The van der Waals surface area contributed by atoms with E-state index >= 15 is 0 Å². The van der Waals surface area contributed by atoms with E-state index in [0.29, 0.717) is 17.6 Å². The van der Waals surface area contributed by atoms with Crippen LogP contribution in [0.15, 0.2) is 30.3 Å². The molecule has 2 saturated heterocycles. The third-order valence-electron chi connectivity index (χ3n) is 6.28. The first-order valence-corrected chi connectivity index (χ1v) is 14.9. The molecule has 35 heavy (non-hydrogen) atoms. The Hall–Kier alpha value is -0.730. The number of carbonyl (C=O) groups excluding carboxylic acids is 1. The van der Waals surface area contributed by atoms with Gasteiger partial charge in [-0.1, -0.05) is 44.2 Å². The molecule has 5 nitrogen and oxygen atoms in total. The molecule has 0 aromatic heterocycles. The number of carbonyl (C=O) groups is 1. The Morgan fingerprint density at radius 2 is 1.69 bits per heavy atom. The highest BCUT2D eigenvalue weighted by Crippen LogP contribution is 2.47. The topological polar surface area (TPSA) is 54.0 Å². The molecule has 7 heteroatoms. The van der Waals surface area contributed by atoms with Crippen molar-refractivity contribution in [2.45, 2.75) is 115 Å². The van der Waals surface area contributed by atoms with Gasteiger partial charge < -0.3 is 18.9 Å². The summed E-state index contributed by atoms with van der Waals surface area (Å²) in [7, 11) is 0. The molecule has 1 aromatic carbocycles. The van der Waals surface area contributed by atoms with Crippen molar-refractivity contribution in [3.8, 4) is 0 Å². The Morgan fingerprint density at radius 1 is 1.06 bits per heavy atom. The minimum Gasteiger partial charge on any atom is -0.460 e. The minimum absolute atomic E-state index is 0.00637. The van der Waals surface area contributed by atoms with Crippen molar-refractivity contribution in [1.82, 2.24) is 0 Å². The van der Waals surface area contributed by atoms with E-state index in [9.17, 15) is 4.79 Å². The molecule has 198 valence electrons. The maximum Gasteiger partial charge on any atom is 0.308 e. The highest BCUT2D eigenvalue weighted by atomic mass is 32.2. The molecule has 0 spiro atoms. The molecule has 2 aliphatic heterocycles. The molecule has 0 amide bonds. The van der Waals surface area contributed by atoms with Crippen LogP contribution >= 0.6 is 23.5 Å². The molecule has 2 heterocycles. The van der Waals surface area contributed by atoms with Gasteiger partial charge >= 0.3 is 5.97 Å². The molecule has 0 unspecified atom stereocenters. The maximum absolute atomic E-state index is 12.5. The van der Waals surface area contributed by atoms with Crippen LogP contribution < -0.4 is 0 Å². The average molecular weight is 525 g/mol. The number of ether oxygens (including phenoxy) is 4. The van der Waals surface area contributed by atoms with Crippen LogP contribution in [-0.2, 0) is 30.3 Å². The van der Waals surface area contributed by atoms with E-state index in [-0.39, 0.29) is 36.1 Å². The quantitative estimate of drug-likeness (QED) is 0.328. The fourth-order valence-corrected chi connectivity index (χ4v) is 8.08. The van der Waals surface area contributed by atoms with Gasteiger partial charge in [0.15, 0.2) is 5.79 Å². The zero-order valence-corrected chi connectivity index (χ0v) is 24.1. The summed E-state index contributed by atoms with van der Waals surface area (Å²) < 4.78 is 25.2. The summed E-state index contributed by atoms with van der Waals surface area (Å²) in [6.45, 7) is 14.8. The number of esters is 1. The molecule has 0 N–H and O–H groups in total. The molecule has 0 aliphatic carbocycles. The number of thioether (sulfide) groups is 2. The Balaban J connectivity index is 1.72. The van der Waals surface area contributed by atoms with Gasteiger partial charge in [-0.3, -0.25) is 4.79 Å². The van der Waals surface area contributed by atoms with Crippen molar-refractivity contribution >= 4 is 29.5 Å². The molecular formula is C28H44O5S2. The predicted molar refractivity (Wildman–Crippen MR) is 146 cm³/mol. The van der Waals surface area contributed by atoms with Crippen molar-refractivity contribution in [2.24, 2.45) is 5.41 Å². The van der Waals surface area contributed by atoms with Gasteiger partial charge in [0.05, 0.1) is 35.9 Å². The van der Waals surface area contributed by atoms with Gasteiger partial charge in [0, 0.05) is 18.3 Å². The highest BCUT2D eigenvalue weighted by molar-refractivity contribution is 8.17. The summed E-state index contributed by atoms with van der Waals surface area (Å²) in [4.78, 5) is 12.5. The lowest BCUT2D eigenvalue weighted by atomic mass is 9.83. The molecule has 1 aromatic rings. The van der Waals surface area contributed by atoms with Crippen molar-refractivity contribution in [3.05, 3.63) is 35.9 Å². The van der Waals surface area contributed by atoms with Gasteiger partial charge in [0.2, 0.25) is 0 Å². The van der Waals surface area contributed by atoms with Gasteiger partial charge in [0.25, 0.3) is 0 Å². The van der Waals surface area contributed by atoms with E-state index in [2.05, 4.69) is 61.6 Å². The van der Waals surface area contributed by atoms with Crippen LogP contribution in [0.2, 0.25) is 0 Å². The fraction of sp³-hybridized carbons (Fsp3) is 0.750. The van der Waals surface area contributed by atoms with Crippen LogP contribution in [0.1, 0.15) is 79.7 Å². The zero-order chi connectivity index (χ0) is 25.7.